The molecule has 0 saturated carbocycles. The topological polar surface area (TPSA) is 24.5 Å². The van der Waals surface area contributed by atoms with Crippen LogP contribution in [0.25, 0.3) is 0 Å². The van der Waals surface area contributed by atoms with Gasteiger partial charge < -0.3 is 10.1 Å². The average molecular weight is 293 g/mol. The van der Waals surface area contributed by atoms with Crippen LogP contribution in [0.2, 0.25) is 0 Å². The second kappa shape index (κ2) is 6.31. The van der Waals surface area contributed by atoms with Crippen molar-refractivity contribution in [3.8, 4) is 0 Å². The van der Waals surface area contributed by atoms with Gasteiger partial charge in [-0.25, -0.2) is 0 Å². The Morgan fingerprint density at radius 3 is 3.17 bits per heavy atom. The third-order valence-corrected chi connectivity index (χ3v) is 5.79. The van der Waals surface area contributed by atoms with Crippen molar-refractivity contribution in [1.82, 2.24) is 10.2 Å². The molecule has 0 aromatic rings. The van der Waals surface area contributed by atoms with E-state index in [1.165, 1.54) is 44.8 Å². The normalized spacial score (nSPS) is 41.2. The molecule has 3 aliphatic heterocycles. The Kier molecular flexibility index (Phi) is 5.23. The SMILES string of the molecule is CC1(CN2CCSC3COCCC32)CCNC1.Cl. The zero-order chi connectivity index (χ0) is 11.7. The number of hydrogen-bond acceptors (Lipinski definition) is 4. The smallest absolute Gasteiger partial charge is 0.0600 e. The van der Waals surface area contributed by atoms with Gasteiger partial charge in [-0.1, -0.05) is 6.92 Å². The van der Waals surface area contributed by atoms with Crippen molar-refractivity contribution in [1.29, 1.82) is 0 Å². The molecule has 3 aliphatic rings. The maximum Gasteiger partial charge on any atom is 0.0600 e. The molecule has 5 heteroatoms. The molecule has 0 amide bonds. The lowest BCUT2D eigenvalue weighted by molar-refractivity contribution is 0.0244. The monoisotopic (exact) mass is 292 g/mol. The highest BCUT2D eigenvalue weighted by atomic mass is 35.5. The van der Waals surface area contributed by atoms with Gasteiger partial charge in [0.2, 0.25) is 0 Å². The van der Waals surface area contributed by atoms with Gasteiger partial charge in [-0.2, -0.15) is 11.8 Å². The molecule has 3 heterocycles. The summed E-state index contributed by atoms with van der Waals surface area (Å²) >= 11 is 2.13. The van der Waals surface area contributed by atoms with Crippen LogP contribution < -0.4 is 5.32 Å². The van der Waals surface area contributed by atoms with E-state index in [-0.39, 0.29) is 12.4 Å². The Labute approximate surface area is 121 Å². The quantitative estimate of drug-likeness (QED) is 0.836. The van der Waals surface area contributed by atoms with E-state index in [0.717, 1.165) is 24.5 Å². The van der Waals surface area contributed by atoms with Gasteiger partial charge in [-0.3, -0.25) is 4.90 Å². The lowest BCUT2D eigenvalue weighted by atomic mass is 9.88. The molecule has 3 rings (SSSR count). The van der Waals surface area contributed by atoms with Gasteiger partial charge in [0.25, 0.3) is 0 Å². The van der Waals surface area contributed by atoms with E-state index in [1.807, 2.05) is 0 Å². The van der Waals surface area contributed by atoms with Crippen molar-refractivity contribution in [2.45, 2.75) is 31.1 Å². The Morgan fingerprint density at radius 2 is 2.39 bits per heavy atom. The van der Waals surface area contributed by atoms with Crippen molar-refractivity contribution in [3.05, 3.63) is 0 Å². The van der Waals surface area contributed by atoms with Gasteiger partial charge in [-0.15, -0.1) is 12.4 Å². The highest BCUT2D eigenvalue weighted by Crippen LogP contribution is 2.34. The van der Waals surface area contributed by atoms with Crippen LogP contribution in [0.15, 0.2) is 0 Å². The van der Waals surface area contributed by atoms with Crippen LogP contribution in [0.4, 0.5) is 0 Å². The molecule has 3 atom stereocenters. The number of thioether (sulfide) groups is 1. The lowest BCUT2D eigenvalue weighted by Crippen LogP contribution is -2.54. The molecule has 18 heavy (non-hydrogen) atoms. The Morgan fingerprint density at radius 1 is 1.50 bits per heavy atom. The fraction of sp³-hybridized carbons (Fsp3) is 1.00. The third-order valence-electron chi connectivity index (χ3n) is 4.49. The molecule has 0 spiro atoms. The predicted octanol–water partition coefficient (Wildman–Crippen LogP) is 1.61. The molecule has 3 fully saturated rings. The zero-order valence-electron chi connectivity index (χ0n) is 11.2. The van der Waals surface area contributed by atoms with Crippen LogP contribution in [-0.4, -0.2) is 61.3 Å². The standard InChI is InChI=1S/C13H24N2OS.ClH/c1-13(3-4-14-9-13)10-15-5-7-17-12-8-16-6-2-11(12)15;/h11-12,14H,2-10H2,1H3;1H. The highest BCUT2D eigenvalue weighted by Gasteiger charge is 2.38. The molecule has 1 N–H and O–H groups in total. The fourth-order valence-corrected chi connectivity index (χ4v) is 4.82. The number of rotatable bonds is 2. The van der Waals surface area contributed by atoms with Crippen LogP contribution >= 0.6 is 24.2 Å². The lowest BCUT2D eigenvalue weighted by Gasteiger charge is -2.46. The molecule has 3 nitrogen and oxygen atoms in total. The van der Waals surface area contributed by atoms with Crippen molar-refractivity contribution < 1.29 is 4.74 Å². The number of nitrogens with zero attached hydrogens (tertiary/aromatic N) is 1. The minimum Gasteiger partial charge on any atom is -0.380 e. The van der Waals surface area contributed by atoms with E-state index in [9.17, 15) is 0 Å². The van der Waals surface area contributed by atoms with E-state index < -0.39 is 0 Å². The first-order valence-corrected chi connectivity index (χ1v) is 7.96. The maximum atomic E-state index is 5.62. The van der Waals surface area contributed by atoms with Gasteiger partial charge in [-0.05, 0) is 24.8 Å². The summed E-state index contributed by atoms with van der Waals surface area (Å²) < 4.78 is 5.62. The minimum atomic E-state index is 0. The molecule has 0 bridgehead atoms. The van der Waals surface area contributed by atoms with Crippen LogP contribution in [0.3, 0.4) is 0 Å². The number of fused-ring (bicyclic) bond motifs is 1. The Bertz CT molecular complexity index is 272. The summed E-state index contributed by atoms with van der Waals surface area (Å²) in [6.07, 6.45) is 2.58. The van der Waals surface area contributed by atoms with Crippen molar-refractivity contribution >= 4 is 24.2 Å². The van der Waals surface area contributed by atoms with Crippen molar-refractivity contribution in [2.24, 2.45) is 5.41 Å². The van der Waals surface area contributed by atoms with Gasteiger partial charge in [0.15, 0.2) is 0 Å². The first-order valence-electron chi connectivity index (χ1n) is 6.91. The second-order valence-corrected chi connectivity index (χ2v) is 7.40. The molecule has 3 saturated heterocycles. The first kappa shape index (κ1) is 14.9. The second-order valence-electron chi connectivity index (χ2n) is 6.05. The minimum absolute atomic E-state index is 0. The largest absolute Gasteiger partial charge is 0.380 e. The van der Waals surface area contributed by atoms with E-state index in [2.05, 4.69) is 28.9 Å². The van der Waals surface area contributed by atoms with Crippen LogP contribution in [0.5, 0.6) is 0 Å². The average Bonchev–Trinajstić information content (AvgIpc) is 2.76. The van der Waals surface area contributed by atoms with Crippen LogP contribution in [0.1, 0.15) is 19.8 Å². The summed E-state index contributed by atoms with van der Waals surface area (Å²) in [6.45, 7) is 9.35. The number of halogens is 1. The van der Waals surface area contributed by atoms with Gasteiger partial charge in [0.1, 0.15) is 0 Å². The van der Waals surface area contributed by atoms with Crippen LogP contribution in [-0.2, 0) is 4.74 Å². The molecule has 0 aliphatic carbocycles. The molecule has 3 unspecified atom stereocenters. The third kappa shape index (κ3) is 3.15. The summed E-state index contributed by atoms with van der Waals surface area (Å²) in [5.41, 5.74) is 0.505. The fourth-order valence-electron chi connectivity index (χ4n) is 3.45. The summed E-state index contributed by atoms with van der Waals surface area (Å²) in [7, 11) is 0. The van der Waals surface area contributed by atoms with E-state index in [0.29, 0.717) is 5.41 Å². The highest BCUT2D eigenvalue weighted by molar-refractivity contribution is 8.00. The number of nitrogens with one attached hydrogen (secondary N) is 1. The molecular weight excluding hydrogens is 268 g/mol. The van der Waals surface area contributed by atoms with Crippen molar-refractivity contribution in [3.63, 3.8) is 0 Å². The molecule has 0 aromatic heterocycles. The van der Waals surface area contributed by atoms with Crippen molar-refractivity contribution in [2.75, 3.05) is 45.1 Å². The van der Waals surface area contributed by atoms with E-state index in [4.69, 9.17) is 4.74 Å². The Hall–Kier alpha value is 0.520. The van der Waals surface area contributed by atoms with E-state index >= 15 is 0 Å². The first-order chi connectivity index (χ1) is 8.27. The zero-order valence-corrected chi connectivity index (χ0v) is 12.8. The summed E-state index contributed by atoms with van der Waals surface area (Å²) in [5, 5.41) is 4.25. The number of hydrogen-bond donors (Lipinski definition) is 1. The summed E-state index contributed by atoms with van der Waals surface area (Å²) in [5.74, 6) is 1.29. The molecule has 0 radical (unpaired) electrons. The van der Waals surface area contributed by atoms with E-state index in [1.54, 1.807) is 0 Å². The molecule has 0 aromatic carbocycles. The van der Waals surface area contributed by atoms with Gasteiger partial charge >= 0.3 is 0 Å². The summed E-state index contributed by atoms with van der Waals surface area (Å²) in [6, 6.07) is 0.778. The van der Waals surface area contributed by atoms with Crippen LogP contribution in [0, 0.1) is 5.41 Å². The van der Waals surface area contributed by atoms with Gasteiger partial charge in [0, 0.05) is 43.3 Å². The predicted molar refractivity (Wildman–Crippen MR) is 79.9 cm³/mol. The molecule has 106 valence electrons. The van der Waals surface area contributed by atoms with Gasteiger partial charge in [0.05, 0.1) is 6.61 Å². The summed E-state index contributed by atoms with van der Waals surface area (Å²) in [4.78, 5) is 2.76. The maximum absolute atomic E-state index is 5.62. The Balaban J connectivity index is 0.00000120. The number of ether oxygens (including phenoxy) is 1. The molecular formula is C13H25ClN2OS.